The standard InChI is InChI=1S/C24H25N3O2/c1-17-10-12-19(13-11-17)23(28)27-22-9-5-6-18(15-22)14-20(16-25)24(29)26-21-7-3-2-4-8-21/h5-6,9-15,21H,2-4,7-8H2,1H3,(H,26,29)(H,27,28)/b20-14+. The molecule has 2 amide bonds. The maximum atomic E-state index is 12.5. The number of carbonyl (C=O) groups excluding carboxylic acids is 2. The van der Waals surface area contributed by atoms with Gasteiger partial charge in [-0.3, -0.25) is 9.59 Å². The highest BCUT2D eigenvalue weighted by atomic mass is 16.2. The van der Waals surface area contributed by atoms with Gasteiger partial charge >= 0.3 is 0 Å². The molecule has 0 spiro atoms. The number of nitrogens with one attached hydrogen (secondary N) is 2. The third kappa shape index (κ3) is 5.79. The monoisotopic (exact) mass is 387 g/mol. The van der Waals surface area contributed by atoms with E-state index in [0.717, 1.165) is 31.2 Å². The molecule has 0 bridgehead atoms. The van der Waals surface area contributed by atoms with E-state index in [9.17, 15) is 14.9 Å². The highest BCUT2D eigenvalue weighted by molar-refractivity contribution is 6.05. The number of carbonyl (C=O) groups is 2. The molecular formula is C24H25N3O2. The molecule has 0 aliphatic heterocycles. The van der Waals surface area contributed by atoms with E-state index in [1.54, 1.807) is 42.5 Å². The largest absolute Gasteiger partial charge is 0.349 e. The number of hydrogen-bond acceptors (Lipinski definition) is 3. The summed E-state index contributed by atoms with van der Waals surface area (Å²) in [5.41, 5.74) is 3.01. The van der Waals surface area contributed by atoms with Crippen LogP contribution in [0.25, 0.3) is 6.08 Å². The summed E-state index contributed by atoms with van der Waals surface area (Å²) in [6, 6.07) is 16.6. The summed E-state index contributed by atoms with van der Waals surface area (Å²) in [5.74, 6) is -0.546. The molecule has 148 valence electrons. The van der Waals surface area contributed by atoms with Gasteiger partial charge in [-0.05, 0) is 55.7 Å². The van der Waals surface area contributed by atoms with Crippen molar-refractivity contribution >= 4 is 23.6 Å². The van der Waals surface area contributed by atoms with E-state index in [4.69, 9.17) is 0 Å². The van der Waals surface area contributed by atoms with Gasteiger partial charge in [0, 0.05) is 17.3 Å². The van der Waals surface area contributed by atoms with Gasteiger partial charge in [0.05, 0.1) is 0 Å². The fourth-order valence-electron chi connectivity index (χ4n) is 3.44. The molecule has 0 saturated heterocycles. The minimum atomic E-state index is -0.339. The molecule has 0 atom stereocenters. The number of nitriles is 1. The van der Waals surface area contributed by atoms with Gasteiger partial charge in [0.25, 0.3) is 11.8 Å². The Kier molecular flexibility index (Phi) is 6.80. The van der Waals surface area contributed by atoms with Crippen molar-refractivity contribution < 1.29 is 9.59 Å². The van der Waals surface area contributed by atoms with Crippen LogP contribution in [0.4, 0.5) is 5.69 Å². The Bertz CT molecular complexity index is 949. The van der Waals surface area contributed by atoms with Gasteiger partial charge in [-0.15, -0.1) is 0 Å². The number of rotatable bonds is 5. The first-order valence-corrected chi connectivity index (χ1v) is 9.96. The van der Waals surface area contributed by atoms with Gasteiger partial charge in [0.2, 0.25) is 0 Å². The topological polar surface area (TPSA) is 82.0 Å². The molecule has 1 aliphatic carbocycles. The number of benzene rings is 2. The molecule has 0 heterocycles. The Morgan fingerprint density at radius 3 is 2.48 bits per heavy atom. The summed E-state index contributed by atoms with van der Waals surface area (Å²) in [6.07, 6.45) is 6.91. The maximum Gasteiger partial charge on any atom is 0.262 e. The van der Waals surface area contributed by atoms with Crippen molar-refractivity contribution in [2.75, 3.05) is 5.32 Å². The van der Waals surface area contributed by atoms with E-state index in [2.05, 4.69) is 10.6 Å². The molecule has 5 heteroatoms. The molecule has 5 nitrogen and oxygen atoms in total. The predicted molar refractivity (Wildman–Crippen MR) is 114 cm³/mol. The highest BCUT2D eigenvalue weighted by Crippen LogP contribution is 2.19. The summed E-state index contributed by atoms with van der Waals surface area (Å²) >= 11 is 0. The van der Waals surface area contributed by atoms with E-state index in [1.165, 1.54) is 6.42 Å². The second-order valence-corrected chi connectivity index (χ2v) is 7.42. The lowest BCUT2D eigenvalue weighted by molar-refractivity contribution is -0.117. The molecule has 2 aromatic carbocycles. The average Bonchev–Trinajstić information content (AvgIpc) is 2.73. The van der Waals surface area contributed by atoms with E-state index < -0.39 is 0 Å². The molecule has 1 saturated carbocycles. The molecule has 1 fully saturated rings. The summed E-state index contributed by atoms with van der Waals surface area (Å²) in [6.45, 7) is 1.97. The molecule has 29 heavy (non-hydrogen) atoms. The summed E-state index contributed by atoms with van der Waals surface area (Å²) in [4.78, 5) is 24.9. The quantitative estimate of drug-likeness (QED) is 0.581. The first-order chi connectivity index (χ1) is 14.0. The van der Waals surface area contributed by atoms with E-state index in [1.807, 2.05) is 25.1 Å². The Labute approximate surface area is 171 Å². The summed E-state index contributed by atoms with van der Waals surface area (Å²) in [7, 11) is 0. The van der Waals surface area contributed by atoms with Crippen LogP contribution in [0.15, 0.2) is 54.1 Å². The predicted octanol–water partition coefficient (Wildman–Crippen LogP) is 4.60. The third-order valence-corrected chi connectivity index (χ3v) is 5.07. The summed E-state index contributed by atoms with van der Waals surface area (Å²) < 4.78 is 0. The molecule has 2 aromatic rings. The average molecular weight is 387 g/mol. The normalized spacial score (nSPS) is 14.7. The fourth-order valence-corrected chi connectivity index (χ4v) is 3.44. The van der Waals surface area contributed by atoms with Crippen LogP contribution < -0.4 is 10.6 Å². The van der Waals surface area contributed by atoms with Crippen LogP contribution in [0, 0.1) is 18.3 Å². The SMILES string of the molecule is Cc1ccc(C(=O)Nc2cccc(/C=C(\C#N)C(=O)NC3CCCCC3)c2)cc1. The fraction of sp³-hybridized carbons (Fsp3) is 0.292. The first kappa shape index (κ1) is 20.3. The lowest BCUT2D eigenvalue weighted by atomic mass is 9.95. The number of hydrogen-bond donors (Lipinski definition) is 2. The zero-order valence-electron chi connectivity index (χ0n) is 16.6. The second-order valence-electron chi connectivity index (χ2n) is 7.42. The van der Waals surface area contributed by atoms with Gasteiger partial charge in [0.1, 0.15) is 11.6 Å². The zero-order chi connectivity index (χ0) is 20.6. The van der Waals surface area contributed by atoms with Crippen molar-refractivity contribution in [1.82, 2.24) is 5.32 Å². The van der Waals surface area contributed by atoms with E-state index in [-0.39, 0.29) is 23.4 Å². The van der Waals surface area contributed by atoms with Crippen molar-refractivity contribution in [2.45, 2.75) is 45.1 Å². The molecule has 3 rings (SSSR count). The minimum absolute atomic E-state index is 0.0672. The molecule has 0 radical (unpaired) electrons. The van der Waals surface area contributed by atoms with Crippen LogP contribution >= 0.6 is 0 Å². The third-order valence-electron chi connectivity index (χ3n) is 5.07. The molecule has 2 N–H and O–H groups in total. The number of amides is 2. The second kappa shape index (κ2) is 9.70. The maximum absolute atomic E-state index is 12.5. The molecule has 1 aliphatic rings. The Morgan fingerprint density at radius 1 is 1.07 bits per heavy atom. The van der Waals surface area contributed by atoms with Gasteiger partial charge in [-0.25, -0.2) is 0 Å². The van der Waals surface area contributed by atoms with Crippen molar-refractivity contribution in [1.29, 1.82) is 5.26 Å². The number of aryl methyl sites for hydroxylation is 1. The molecule has 0 aromatic heterocycles. The zero-order valence-corrected chi connectivity index (χ0v) is 16.6. The van der Waals surface area contributed by atoms with Gasteiger partial charge in [-0.1, -0.05) is 49.1 Å². The van der Waals surface area contributed by atoms with E-state index in [0.29, 0.717) is 16.8 Å². The van der Waals surface area contributed by atoms with Crippen LogP contribution in [-0.4, -0.2) is 17.9 Å². The Morgan fingerprint density at radius 2 is 1.79 bits per heavy atom. The van der Waals surface area contributed by atoms with Crippen LogP contribution in [-0.2, 0) is 4.79 Å². The van der Waals surface area contributed by atoms with Crippen LogP contribution in [0.3, 0.4) is 0 Å². The van der Waals surface area contributed by atoms with Crippen molar-refractivity contribution in [3.8, 4) is 6.07 Å². The highest BCUT2D eigenvalue weighted by Gasteiger charge is 2.18. The number of nitrogens with zero attached hydrogens (tertiary/aromatic N) is 1. The van der Waals surface area contributed by atoms with Crippen LogP contribution in [0.5, 0.6) is 0 Å². The van der Waals surface area contributed by atoms with Crippen molar-refractivity contribution in [3.05, 3.63) is 70.8 Å². The molecular weight excluding hydrogens is 362 g/mol. The Balaban J connectivity index is 1.69. The smallest absolute Gasteiger partial charge is 0.262 e. The van der Waals surface area contributed by atoms with Crippen LogP contribution in [0.1, 0.15) is 53.6 Å². The van der Waals surface area contributed by atoms with Gasteiger partial charge in [0.15, 0.2) is 0 Å². The Hall–Kier alpha value is -3.39. The lowest BCUT2D eigenvalue weighted by Crippen LogP contribution is -2.36. The van der Waals surface area contributed by atoms with E-state index >= 15 is 0 Å². The number of anilines is 1. The summed E-state index contributed by atoms with van der Waals surface area (Å²) in [5, 5.41) is 15.2. The van der Waals surface area contributed by atoms with Crippen LogP contribution in [0.2, 0.25) is 0 Å². The van der Waals surface area contributed by atoms with Gasteiger partial charge in [-0.2, -0.15) is 5.26 Å². The lowest BCUT2D eigenvalue weighted by Gasteiger charge is -2.22. The molecule has 0 unspecified atom stereocenters. The van der Waals surface area contributed by atoms with Gasteiger partial charge < -0.3 is 10.6 Å². The first-order valence-electron chi connectivity index (χ1n) is 9.96. The van der Waals surface area contributed by atoms with Crippen molar-refractivity contribution in [2.24, 2.45) is 0 Å². The minimum Gasteiger partial charge on any atom is -0.349 e. The van der Waals surface area contributed by atoms with Crippen molar-refractivity contribution in [3.63, 3.8) is 0 Å².